The third-order valence-corrected chi connectivity index (χ3v) is 4.22. The van der Waals surface area contributed by atoms with E-state index in [-0.39, 0.29) is 0 Å². The second kappa shape index (κ2) is 5.10. The Balaban J connectivity index is 2.00. The standard InChI is InChI=1S/C12H19NOS/c1-9-5-7-15-12(9)11(13-2)8-10-4-3-6-14-10/h5,7,10-11,13H,3-4,6,8H2,1-2H3. The molecular formula is C12H19NOS. The number of nitrogens with one attached hydrogen (secondary N) is 1. The first-order valence-electron chi connectivity index (χ1n) is 5.64. The van der Waals surface area contributed by atoms with E-state index in [0.29, 0.717) is 12.1 Å². The maximum atomic E-state index is 5.69. The zero-order valence-corrected chi connectivity index (χ0v) is 10.3. The lowest BCUT2D eigenvalue weighted by atomic mass is 10.0. The molecule has 1 N–H and O–H groups in total. The van der Waals surface area contributed by atoms with E-state index in [2.05, 4.69) is 23.7 Å². The number of ether oxygens (including phenoxy) is 1. The molecule has 0 saturated carbocycles. The van der Waals surface area contributed by atoms with Crippen LogP contribution in [0.15, 0.2) is 11.4 Å². The van der Waals surface area contributed by atoms with Crippen LogP contribution in [0.25, 0.3) is 0 Å². The monoisotopic (exact) mass is 225 g/mol. The summed E-state index contributed by atoms with van der Waals surface area (Å²) in [6.07, 6.45) is 4.02. The molecule has 2 rings (SSSR count). The summed E-state index contributed by atoms with van der Waals surface area (Å²) in [6, 6.07) is 2.66. The van der Waals surface area contributed by atoms with Gasteiger partial charge in [-0.15, -0.1) is 11.3 Å². The summed E-state index contributed by atoms with van der Waals surface area (Å²) < 4.78 is 5.69. The van der Waals surface area contributed by atoms with Crippen LogP contribution in [-0.4, -0.2) is 19.8 Å². The Morgan fingerprint density at radius 1 is 1.67 bits per heavy atom. The van der Waals surface area contributed by atoms with Gasteiger partial charge in [0.2, 0.25) is 0 Å². The van der Waals surface area contributed by atoms with Crippen molar-refractivity contribution < 1.29 is 4.74 Å². The lowest BCUT2D eigenvalue weighted by molar-refractivity contribution is 0.0957. The molecule has 0 aromatic carbocycles. The molecule has 1 fully saturated rings. The summed E-state index contributed by atoms with van der Waals surface area (Å²) in [7, 11) is 2.04. The molecule has 2 atom stereocenters. The topological polar surface area (TPSA) is 21.3 Å². The maximum Gasteiger partial charge on any atom is 0.0594 e. The Morgan fingerprint density at radius 2 is 2.53 bits per heavy atom. The normalized spacial score (nSPS) is 23.2. The van der Waals surface area contributed by atoms with Crippen LogP contribution in [0, 0.1) is 6.92 Å². The molecule has 0 spiro atoms. The highest BCUT2D eigenvalue weighted by Gasteiger charge is 2.22. The van der Waals surface area contributed by atoms with Crippen molar-refractivity contribution in [1.29, 1.82) is 0 Å². The minimum Gasteiger partial charge on any atom is -0.378 e. The largest absolute Gasteiger partial charge is 0.378 e. The third kappa shape index (κ3) is 2.60. The molecule has 1 aliphatic rings. The number of hydrogen-bond acceptors (Lipinski definition) is 3. The Bertz CT molecular complexity index is 304. The first-order valence-corrected chi connectivity index (χ1v) is 6.52. The van der Waals surface area contributed by atoms with E-state index < -0.39 is 0 Å². The van der Waals surface area contributed by atoms with Crippen LogP contribution < -0.4 is 5.32 Å². The Labute approximate surface area is 95.6 Å². The van der Waals surface area contributed by atoms with Gasteiger partial charge in [0, 0.05) is 17.5 Å². The van der Waals surface area contributed by atoms with Gasteiger partial charge in [0.25, 0.3) is 0 Å². The van der Waals surface area contributed by atoms with Gasteiger partial charge >= 0.3 is 0 Å². The highest BCUT2D eigenvalue weighted by Crippen LogP contribution is 2.30. The molecule has 0 amide bonds. The summed E-state index contributed by atoms with van der Waals surface area (Å²) in [6.45, 7) is 3.14. The van der Waals surface area contributed by atoms with Crippen LogP contribution in [0.3, 0.4) is 0 Å². The summed E-state index contributed by atoms with van der Waals surface area (Å²) in [4.78, 5) is 1.47. The summed E-state index contributed by atoms with van der Waals surface area (Å²) in [5.41, 5.74) is 1.40. The van der Waals surface area contributed by atoms with Crippen LogP contribution in [0.1, 0.15) is 35.7 Å². The van der Waals surface area contributed by atoms with Crippen LogP contribution in [0.5, 0.6) is 0 Å². The van der Waals surface area contributed by atoms with Crippen molar-refractivity contribution >= 4 is 11.3 Å². The van der Waals surface area contributed by atoms with Crippen molar-refractivity contribution in [3.05, 3.63) is 21.9 Å². The van der Waals surface area contributed by atoms with Crippen molar-refractivity contribution in [3.8, 4) is 0 Å². The predicted octanol–water partition coefficient (Wildman–Crippen LogP) is 2.89. The van der Waals surface area contributed by atoms with Crippen LogP contribution in [0.2, 0.25) is 0 Å². The molecule has 1 aromatic rings. The van der Waals surface area contributed by atoms with Crippen LogP contribution in [0.4, 0.5) is 0 Å². The fourth-order valence-corrected chi connectivity index (χ4v) is 3.24. The van der Waals surface area contributed by atoms with E-state index in [1.165, 1.54) is 23.3 Å². The third-order valence-electron chi connectivity index (χ3n) is 3.09. The van der Waals surface area contributed by atoms with Gasteiger partial charge in [0.05, 0.1) is 6.10 Å². The van der Waals surface area contributed by atoms with Gasteiger partial charge in [-0.05, 0) is 50.2 Å². The van der Waals surface area contributed by atoms with Gasteiger partial charge in [-0.3, -0.25) is 0 Å². The van der Waals surface area contributed by atoms with Crippen LogP contribution in [-0.2, 0) is 4.74 Å². The quantitative estimate of drug-likeness (QED) is 0.850. The summed E-state index contributed by atoms with van der Waals surface area (Å²) >= 11 is 1.85. The van der Waals surface area contributed by atoms with E-state index >= 15 is 0 Å². The SMILES string of the molecule is CNC(CC1CCCO1)c1sccc1C. The molecule has 0 bridgehead atoms. The van der Waals surface area contributed by atoms with Crippen molar-refractivity contribution in [2.24, 2.45) is 0 Å². The van der Waals surface area contributed by atoms with Crippen molar-refractivity contribution in [3.63, 3.8) is 0 Å². The Kier molecular flexibility index (Phi) is 3.78. The zero-order chi connectivity index (χ0) is 10.7. The van der Waals surface area contributed by atoms with E-state index in [4.69, 9.17) is 4.74 Å². The van der Waals surface area contributed by atoms with E-state index in [1.54, 1.807) is 0 Å². The molecule has 3 heteroatoms. The fraction of sp³-hybridized carbons (Fsp3) is 0.667. The van der Waals surface area contributed by atoms with Crippen molar-refractivity contribution in [2.75, 3.05) is 13.7 Å². The highest BCUT2D eigenvalue weighted by atomic mass is 32.1. The van der Waals surface area contributed by atoms with Gasteiger partial charge in [-0.2, -0.15) is 0 Å². The maximum absolute atomic E-state index is 5.69. The fourth-order valence-electron chi connectivity index (χ4n) is 2.19. The van der Waals surface area contributed by atoms with Gasteiger partial charge in [0.15, 0.2) is 0 Å². The average Bonchev–Trinajstić information content (AvgIpc) is 2.85. The molecule has 2 heterocycles. The number of hydrogen-bond donors (Lipinski definition) is 1. The first kappa shape index (κ1) is 11.1. The Morgan fingerprint density at radius 3 is 3.07 bits per heavy atom. The molecule has 2 nitrogen and oxygen atoms in total. The molecular weight excluding hydrogens is 206 g/mol. The Hall–Kier alpha value is -0.380. The molecule has 1 saturated heterocycles. The molecule has 1 aliphatic heterocycles. The van der Waals surface area contributed by atoms with Gasteiger partial charge in [-0.25, -0.2) is 0 Å². The smallest absolute Gasteiger partial charge is 0.0594 e. The minimum absolute atomic E-state index is 0.462. The molecule has 0 aliphatic carbocycles. The van der Waals surface area contributed by atoms with Gasteiger partial charge in [-0.1, -0.05) is 0 Å². The molecule has 0 radical (unpaired) electrons. The number of thiophene rings is 1. The van der Waals surface area contributed by atoms with Gasteiger partial charge < -0.3 is 10.1 Å². The molecule has 84 valence electrons. The second-order valence-corrected chi connectivity index (χ2v) is 5.13. The van der Waals surface area contributed by atoms with Crippen LogP contribution >= 0.6 is 11.3 Å². The van der Waals surface area contributed by atoms with E-state index in [1.807, 2.05) is 18.4 Å². The lowest BCUT2D eigenvalue weighted by Gasteiger charge is -2.19. The average molecular weight is 225 g/mol. The second-order valence-electron chi connectivity index (χ2n) is 4.18. The predicted molar refractivity (Wildman–Crippen MR) is 64.4 cm³/mol. The van der Waals surface area contributed by atoms with E-state index in [0.717, 1.165) is 13.0 Å². The van der Waals surface area contributed by atoms with Crippen molar-refractivity contribution in [1.82, 2.24) is 5.32 Å². The van der Waals surface area contributed by atoms with Crippen molar-refractivity contribution in [2.45, 2.75) is 38.3 Å². The highest BCUT2D eigenvalue weighted by molar-refractivity contribution is 7.10. The summed E-state index contributed by atoms with van der Waals surface area (Å²) in [5.74, 6) is 0. The first-order chi connectivity index (χ1) is 7.31. The summed E-state index contributed by atoms with van der Waals surface area (Å²) in [5, 5.41) is 5.57. The lowest BCUT2D eigenvalue weighted by Crippen LogP contribution is -2.21. The van der Waals surface area contributed by atoms with Gasteiger partial charge in [0.1, 0.15) is 0 Å². The number of aryl methyl sites for hydroxylation is 1. The number of rotatable bonds is 4. The van der Waals surface area contributed by atoms with E-state index in [9.17, 15) is 0 Å². The molecule has 2 unspecified atom stereocenters. The molecule has 15 heavy (non-hydrogen) atoms. The zero-order valence-electron chi connectivity index (χ0n) is 9.45. The molecule has 1 aromatic heterocycles. The minimum atomic E-state index is 0.462.